The maximum absolute atomic E-state index is 12.8. The summed E-state index contributed by atoms with van der Waals surface area (Å²) < 4.78 is 49.4. The van der Waals surface area contributed by atoms with Crippen LogP contribution in [0.5, 0.6) is 0 Å². The van der Waals surface area contributed by atoms with E-state index >= 15 is 0 Å². The molecule has 1 amide bonds. The number of allylic oxidation sites excluding steroid dienone is 2. The molecule has 176 valence electrons. The number of rotatable bonds is 7. The Labute approximate surface area is 204 Å². The Morgan fingerprint density at radius 2 is 1.61 bits per heavy atom. The van der Waals surface area contributed by atoms with Crippen LogP contribution in [0.2, 0.25) is 0 Å². The third-order valence-corrected chi connectivity index (χ3v) is 9.45. The summed E-state index contributed by atoms with van der Waals surface area (Å²) >= 11 is 13.0. The number of amides is 1. The predicted octanol–water partition coefficient (Wildman–Crippen LogP) is 4.06. The molecule has 1 aliphatic carbocycles. The lowest BCUT2D eigenvalue weighted by atomic mass is 9.95. The summed E-state index contributed by atoms with van der Waals surface area (Å²) in [6.07, 6.45) is 2.00. The van der Waals surface area contributed by atoms with E-state index in [2.05, 4.69) is 5.32 Å². The van der Waals surface area contributed by atoms with Gasteiger partial charge in [0.15, 0.2) is 24.5 Å². The van der Waals surface area contributed by atoms with Crippen molar-refractivity contribution in [3.8, 4) is 0 Å². The van der Waals surface area contributed by atoms with Crippen molar-refractivity contribution in [3.05, 3.63) is 81.9 Å². The van der Waals surface area contributed by atoms with Crippen molar-refractivity contribution in [3.63, 3.8) is 0 Å². The van der Waals surface area contributed by atoms with Crippen molar-refractivity contribution >= 4 is 54.4 Å². The van der Waals surface area contributed by atoms with Gasteiger partial charge in [0, 0.05) is 28.3 Å². The highest BCUT2D eigenvalue weighted by atomic mass is 35.5. The summed E-state index contributed by atoms with van der Waals surface area (Å²) in [5.41, 5.74) is 1.78. The fourth-order valence-electron chi connectivity index (χ4n) is 3.53. The molecule has 0 fully saturated rings. The molecule has 0 spiro atoms. The Bertz CT molecular complexity index is 1330. The highest BCUT2D eigenvalue weighted by Gasteiger charge is 2.44. The van der Waals surface area contributed by atoms with Gasteiger partial charge in [0.25, 0.3) is 0 Å². The first-order chi connectivity index (χ1) is 15.4. The minimum Gasteiger partial charge on any atom is -0.333 e. The molecule has 0 radical (unpaired) electrons. The second-order valence-corrected chi connectivity index (χ2v) is 13.2. The van der Waals surface area contributed by atoms with Crippen LogP contribution in [0.1, 0.15) is 24.5 Å². The van der Waals surface area contributed by atoms with Gasteiger partial charge >= 0.3 is 0 Å². The van der Waals surface area contributed by atoms with Gasteiger partial charge in [-0.25, -0.2) is 16.8 Å². The Kier molecular flexibility index (Phi) is 7.43. The van der Waals surface area contributed by atoms with E-state index in [1.54, 1.807) is 6.92 Å². The Hall–Kier alpha value is -2.13. The quantitative estimate of drug-likeness (QED) is 0.585. The third kappa shape index (κ3) is 5.51. The van der Waals surface area contributed by atoms with Crippen LogP contribution in [0.15, 0.2) is 75.6 Å². The van der Waals surface area contributed by atoms with E-state index in [0.717, 1.165) is 11.8 Å². The number of sulfone groups is 2. The van der Waals surface area contributed by atoms with Crippen molar-refractivity contribution in [1.82, 2.24) is 5.32 Å². The molecule has 2 aromatic rings. The van der Waals surface area contributed by atoms with Crippen LogP contribution in [-0.4, -0.2) is 39.6 Å². The van der Waals surface area contributed by atoms with E-state index in [1.165, 1.54) is 30.3 Å². The molecular weight excluding hydrogens is 505 g/mol. The first kappa shape index (κ1) is 25.5. The van der Waals surface area contributed by atoms with Gasteiger partial charge in [0.2, 0.25) is 5.91 Å². The smallest absolute Gasteiger partial charge is 0.225 e. The minimum absolute atomic E-state index is 0.0317. The second-order valence-electron chi connectivity index (χ2n) is 7.75. The van der Waals surface area contributed by atoms with Gasteiger partial charge in [-0.15, -0.1) is 0 Å². The van der Waals surface area contributed by atoms with Gasteiger partial charge in [-0.3, -0.25) is 4.79 Å². The summed E-state index contributed by atoms with van der Waals surface area (Å²) in [5, 5.41) is 2.92. The largest absolute Gasteiger partial charge is 0.333 e. The van der Waals surface area contributed by atoms with Crippen LogP contribution in [0.25, 0.3) is 5.57 Å². The SMILES string of the molecule is CCS(=O)(=O)c1ccc(CC(=O)NC2(S(C)(=O)=O)C=C(Cl)C(c3ccccc3)=C(Cl)C2)cc1. The normalized spacial score (nSPS) is 19.2. The van der Waals surface area contributed by atoms with Crippen LogP contribution >= 0.6 is 23.2 Å². The molecule has 33 heavy (non-hydrogen) atoms. The van der Waals surface area contributed by atoms with Crippen LogP contribution in [0.3, 0.4) is 0 Å². The third-order valence-electron chi connectivity index (χ3n) is 5.39. The Balaban J connectivity index is 1.87. The van der Waals surface area contributed by atoms with Crippen molar-refractivity contribution in [2.45, 2.75) is 29.5 Å². The maximum atomic E-state index is 12.8. The van der Waals surface area contributed by atoms with Crippen LogP contribution in [0, 0.1) is 0 Å². The number of carbonyl (C=O) groups excluding carboxylic acids is 1. The molecule has 1 unspecified atom stereocenters. The number of benzene rings is 2. The topological polar surface area (TPSA) is 97.4 Å². The zero-order valence-corrected chi connectivity index (χ0v) is 21.2. The summed E-state index contributed by atoms with van der Waals surface area (Å²) in [7, 11) is -7.22. The van der Waals surface area contributed by atoms with E-state index in [0.29, 0.717) is 11.1 Å². The van der Waals surface area contributed by atoms with E-state index < -0.39 is 30.5 Å². The van der Waals surface area contributed by atoms with Crippen molar-refractivity contribution in [2.75, 3.05) is 12.0 Å². The summed E-state index contributed by atoms with van der Waals surface area (Å²) in [5.74, 6) is -0.601. The molecule has 0 saturated carbocycles. The second kappa shape index (κ2) is 9.62. The molecule has 3 rings (SSSR count). The number of hydrogen-bond donors (Lipinski definition) is 1. The molecule has 1 aliphatic rings. The molecule has 10 heteroatoms. The standard InChI is InChI=1S/C23H23Cl2NO5S2/c1-3-33(30,31)18-11-9-16(10-12-18)13-21(27)26-23(32(2,28)29)14-19(24)22(20(25)15-23)17-7-5-4-6-8-17/h4-12,14H,3,13,15H2,1-2H3,(H,26,27). The van der Waals surface area contributed by atoms with Crippen molar-refractivity contribution in [1.29, 1.82) is 0 Å². The summed E-state index contributed by atoms with van der Waals surface area (Å²) in [6.45, 7) is 1.55. The molecule has 1 N–H and O–H groups in total. The van der Waals surface area contributed by atoms with Crippen molar-refractivity contribution in [2.24, 2.45) is 0 Å². The molecular formula is C23H23Cl2NO5S2. The van der Waals surface area contributed by atoms with Gasteiger partial charge in [0.05, 0.1) is 17.1 Å². The number of hydrogen-bond acceptors (Lipinski definition) is 5. The zero-order chi connectivity index (χ0) is 24.4. The number of nitrogens with one attached hydrogen (secondary N) is 1. The first-order valence-corrected chi connectivity index (χ1v) is 14.3. The molecule has 0 heterocycles. The fourth-order valence-corrected chi connectivity index (χ4v) is 6.48. The molecule has 1 atom stereocenters. The molecule has 2 aromatic carbocycles. The van der Waals surface area contributed by atoms with Crippen LogP contribution < -0.4 is 5.32 Å². The fraction of sp³-hybridized carbons (Fsp3) is 0.261. The van der Waals surface area contributed by atoms with Crippen LogP contribution in [0.4, 0.5) is 0 Å². The van der Waals surface area contributed by atoms with E-state index in [-0.39, 0.29) is 33.6 Å². The highest BCUT2D eigenvalue weighted by molar-refractivity contribution is 7.92. The lowest BCUT2D eigenvalue weighted by Gasteiger charge is -2.34. The van der Waals surface area contributed by atoms with Crippen molar-refractivity contribution < 1.29 is 21.6 Å². The molecule has 6 nitrogen and oxygen atoms in total. The predicted molar refractivity (Wildman–Crippen MR) is 131 cm³/mol. The van der Waals surface area contributed by atoms with E-state index in [4.69, 9.17) is 23.2 Å². The van der Waals surface area contributed by atoms with Gasteiger partial charge in [0.1, 0.15) is 0 Å². The molecule has 0 aliphatic heterocycles. The van der Waals surface area contributed by atoms with Gasteiger partial charge in [-0.2, -0.15) is 0 Å². The van der Waals surface area contributed by atoms with E-state index in [9.17, 15) is 21.6 Å². The lowest BCUT2D eigenvalue weighted by molar-refractivity contribution is -0.121. The Morgan fingerprint density at radius 3 is 2.12 bits per heavy atom. The molecule has 0 aromatic heterocycles. The van der Waals surface area contributed by atoms with Gasteiger partial charge in [-0.1, -0.05) is 72.6 Å². The summed E-state index contributed by atoms with van der Waals surface area (Å²) in [6, 6.07) is 15.0. The lowest BCUT2D eigenvalue weighted by Crippen LogP contribution is -2.54. The highest BCUT2D eigenvalue weighted by Crippen LogP contribution is 2.42. The Morgan fingerprint density at radius 1 is 1.00 bits per heavy atom. The zero-order valence-electron chi connectivity index (χ0n) is 18.0. The average Bonchev–Trinajstić information content (AvgIpc) is 2.73. The average molecular weight is 528 g/mol. The first-order valence-electron chi connectivity index (χ1n) is 10.0. The summed E-state index contributed by atoms with van der Waals surface area (Å²) in [4.78, 5) is 11.2. The van der Waals surface area contributed by atoms with Gasteiger partial charge in [-0.05, 0) is 29.3 Å². The maximum Gasteiger partial charge on any atom is 0.225 e. The molecule has 0 saturated heterocycles. The number of carbonyl (C=O) groups is 1. The monoisotopic (exact) mass is 527 g/mol. The van der Waals surface area contributed by atoms with Gasteiger partial charge < -0.3 is 5.32 Å². The van der Waals surface area contributed by atoms with Crippen LogP contribution in [-0.2, 0) is 30.9 Å². The van der Waals surface area contributed by atoms with E-state index in [1.807, 2.05) is 30.3 Å². The number of halogens is 2. The molecule has 0 bridgehead atoms. The minimum atomic E-state index is -3.87.